The topological polar surface area (TPSA) is 88.5 Å². The van der Waals surface area contributed by atoms with E-state index < -0.39 is 0 Å². The summed E-state index contributed by atoms with van der Waals surface area (Å²) in [6, 6.07) is 11.3. The van der Waals surface area contributed by atoms with Crippen molar-refractivity contribution in [3.05, 3.63) is 30.3 Å². The molecule has 0 saturated carbocycles. The molecule has 26 heavy (non-hydrogen) atoms. The zero-order chi connectivity index (χ0) is 18.8. The number of nitrogens with one attached hydrogen (secondary N) is 2. The Kier molecular flexibility index (Phi) is 7.90. The Bertz CT molecular complexity index is 629. The molecular formula is C19H27N5O2. The van der Waals surface area contributed by atoms with Crippen LogP contribution in [0.4, 0.5) is 10.5 Å². The highest BCUT2D eigenvalue weighted by atomic mass is 16.2. The molecule has 3 amide bonds. The molecule has 1 aliphatic heterocycles. The third-order valence-electron chi connectivity index (χ3n) is 4.60. The van der Waals surface area contributed by atoms with E-state index in [1.165, 1.54) is 0 Å². The van der Waals surface area contributed by atoms with Gasteiger partial charge in [0.1, 0.15) is 0 Å². The lowest BCUT2D eigenvalue weighted by molar-refractivity contribution is -0.132. The minimum atomic E-state index is -0.237. The quantitative estimate of drug-likeness (QED) is 0.781. The number of nitriles is 1. The molecule has 2 rings (SSSR count). The van der Waals surface area contributed by atoms with Crippen molar-refractivity contribution in [3.63, 3.8) is 0 Å². The van der Waals surface area contributed by atoms with Crippen LogP contribution in [0.15, 0.2) is 30.3 Å². The summed E-state index contributed by atoms with van der Waals surface area (Å²) in [4.78, 5) is 28.1. The van der Waals surface area contributed by atoms with Crippen LogP contribution in [0.5, 0.6) is 0 Å². The molecule has 1 aliphatic rings. The summed E-state index contributed by atoms with van der Waals surface area (Å²) in [6.07, 6.45) is 3.46. The van der Waals surface area contributed by atoms with Gasteiger partial charge in [-0.2, -0.15) is 5.26 Å². The zero-order valence-electron chi connectivity index (χ0n) is 15.3. The second-order valence-corrected chi connectivity index (χ2v) is 6.54. The molecule has 0 bridgehead atoms. The van der Waals surface area contributed by atoms with Crippen molar-refractivity contribution >= 4 is 17.6 Å². The highest BCUT2D eigenvalue weighted by Crippen LogP contribution is 2.16. The van der Waals surface area contributed by atoms with Crippen molar-refractivity contribution in [2.24, 2.45) is 0 Å². The van der Waals surface area contributed by atoms with Gasteiger partial charge >= 0.3 is 6.03 Å². The Morgan fingerprint density at radius 2 is 2.08 bits per heavy atom. The number of carbonyl (C=O) groups is 2. The maximum Gasteiger partial charge on any atom is 0.319 e. The SMILES string of the molecule is CN(CCC#N)C(=O)CN1CCCCC1CNC(=O)Nc1ccccc1. The van der Waals surface area contributed by atoms with Crippen LogP contribution in [0.25, 0.3) is 0 Å². The number of para-hydroxylation sites is 1. The summed E-state index contributed by atoms with van der Waals surface area (Å²) in [5.74, 6) is 0.0147. The van der Waals surface area contributed by atoms with Gasteiger partial charge in [0.05, 0.1) is 19.0 Å². The minimum Gasteiger partial charge on any atom is -0.344 e. The zero-order valence-corrected chi connectivity index (χ0v) is 15.3. The van der Waals surface area contributed by atoms with Crippen molar-refractivity contribution in [1.29, 1.82) is 5.26 Å². The van der Waals surface area contributed by atoms with Gasteiger partial charge in [-0.05, 0) is 31.5 Å². The van der Waals surface area contributed by atoms with E-state index in [1.807, 2.05) is 30.3 Å². The molecule has 0 spiro atoms. The molecule has 1 atom stereocenters. The summed E-state index contributed by atoms with van der Waals surface area (Å²) >= 11 is 0. The van der Waals surface area contributed by atoms with E-state index in [2.05, 4.69) is 21.6 Å². The lowest BCUT2D eigenvalue weighted by Crippen LogP contribution is -2.50. The molecular weight excluding hydrogens is 330 g/mol. The van der Waals surface area contributed by atoms with Gasteiger partial charge in [-0.1, -0.05) is 24.6 Å². The number of benzene rings is 1. The number of amides is 3. The molecule has 1 unspecified atom stereocenters. The molecule has 0 aliphatic carbocycles. The summed E-state index contributed by atoms with van der Waals surface area (Å²) in [7, 11) is 1.73. The highest BCUT2D eigenvalue weighted by molar-refractivity contribution is 5.89. The first kappa shape index (κ1) is 19.7. The van der Waals surface area contributed by atoms with E-state index in [-0.39, 0.29) is 18.0 Å². The molecule has 1 saturated heterocycles. The van der Waals surface area contributed by atoms with Gasteiger partial charge in [-0.15, -0.1) is 0 Å². The third kappa shape index (κ3) is 6.37. The minimum absolute atomic E-state index is 0.0147. The summed E-state index contributed by atoms with van der Waals surface area (Å²) in [6.45, 7) is 2.14. The second kappa shape index (κ2) is 10.4. The van der Waals surface area contributed by atoms with E-state index in [0.29, 0.717) is 26.1 Å². The predicted octanol–water partition coefficient (Wildman–Crippen LogP) is 2.03. The summed E-state index contributed by atoms with van der Waals surface area (Å²) in [5.41, 5.74) is 0.750. The molecule has 1 fully saturated rings. The average molecular weight is 357 g/mol. The Morgan fingerprint density at radius 3 is 2.81 bits per heavy atom. The normalized spacial score (nSPS) is 17.2. The van der Waals surface area contributed by atoms with E-state index in [0.717, 1.165) is 31.5 Å². The predicted molar refractivity (Wildman–Crippen MR) is 101 cm³/mol. The monoisotopic (exact) mass is 357 g/mol. The number of rotatable bonds is 7. The smallest absolute Gasteiger partial charge is 0.319 e. The Labute approximate surface area is 155 Å². The van der Waals surface area contributed by atoms with Crippen molar-refractivity contribution in [2.45, 2.75) is 31.7 Å². The molecule has 1 heterocycles. The van der Waals surface area contributed by atoms with E-state index in [1.54, 1.807) is 11.9 Å². The van der Waals surface area contributed by atoms with Gasteiger partial charge in [0.25, 0.3) is 0 Å². The number of likely N-dealkylation sites (N-methyl/N-ethyl adjacent to an activating group) is 1. The average Bonchev–Trinajstić information content (AvgIpc) is 2.66. The number of carbonyl (C=O) groups excluding carboxylic acids is 2. The summed E-state index contributed by atoms with van der Waals surface area (Å²) in [5, 5.41) is 14.4. The first-order chi connectivity index (χ1) is 12.6. The maximum atomic E-state index is 12.3. The molecule has 1 aromatic carbocycles. The first-order valence-corrected chi connectivity index (χ1v) is 9.05. The van der Waals surface area contributed by atoms with Crippen LogP contribution in [0.2, 0.25) is 0 Å². The van der Waals surface area contributed by atoms with Crippen LogP contribution in [0, 0.1) is 11.3 Å². The molecule has 1 aromatic rings. The molecule has 0 aromatic heterocycles. The number of hydrogen-bond donors (Lipinski definition) is 2. The number of likely N-dealkylation sites (tertiary alicyclic amines) is 1. The van der Waals surface area contributed by atoms with E-state index in [4.69, 9.17) is 5.26 Å². The van der Waals surface area contributed by atoms with E-state index in [9.17, 15) is 9.59 Å². The van der Waals surface area contributed by atoms with Crippen LogP contribution in [-0.2, 0) is 4.79 Å². The van der Waals surface area contributed by atoms with Crippen LogP contribution >= 0.6 is 0 Å². The fourth-order valence-electron chi connectivity index (χ4n) is 3.04. The number of urea groups is 1. The van der Waals surface area contributed by atoms with Gasteiger partial charge in [0.2, 0.25) is 5.91 Å². The standard InChI is InChI=1S/C19H27N5O2/c1-23(12-7-11-20)18(25)15-24-13-6-5-10-17(24)14-21-19(26)22-16-8-3-2-4-9-16/h2-4,8-9,17H,5-7,10,12-15H2,1H3,(H2,21,22,26). The molecule has 140 valence electrons. The summed E-state index contributed by atoms with van der Waals surface area (Å²) < 4.78 is 0. The number of anilines is 1. The fraction of sp³-hybridized carbons (Fsp3) is 0.526. The number of hydrogen-bond acceptors (Lipinski definition) is 4. The van der Waals surface area contributed by atoms with Crippen molar-refractivity contribution in [3.8, 4) is 6.07 Å². The Balaban J connectivity index is 1.81. The first-order valence-electron chi connectivity index (χ1n) is 9.05. The third-order valence-corrected chi connectivity index (χ3v) is 4.60. The van der Waals surface area contributed by atoms with Gasteiger partial charge in [0.15, 0.2) is 0 Å². The Morgan fingerprint density at radius 1 is 1.31 bits per heavy atom. The number of piperidine rings is 1. The van der Waals surface area contributed by atoms with Crippen LogP contribution < -0.4 is 10.6 Å². The fourth-order valence-corrected chi connectivity index (χ4v) is 3.04. The molecule has 7 heteroatoms. The van der Waals surface area contributed by atoms with E-state index >= 15 is 0 Å². The van der Waals surface area contributed by atoms with Crippen molar-refractivity contribution < 1.29 is 9.59 Å². The molecule has 0 radical (unpaired) electrons. The molecule has 2 N–H and O–H groups in total. The van der Waals surface area contributed by atoms with Gasteiger partial charge in [0, 0.05) is 31.9 Å². The van der Waals surface area contributed by atoms with Gasteiger partial charge < -0.3 is 15.5 Å². The molecule has 7 nitrogen and oxygen atoms in total. The largest absolute Gasteiger partial charge is 0.344 e. The second-order valence-electron chi connectivity index (χ2n) is 6.54. The lowest BCUT2D eigenvalue weighted by atomic mass is 10.0. The van der Waals surface area contributed by atoms with Gasteiger partial charge in [-0.25, -0.2) is 4.79 Å². The van der Waals surface area contributed by atoms with Crippen molar-refractivity contribution in [2.75, 3.05) is 38.5 Å². The maximum absolute atomic E-state index is 12.3. The lowest BCUT2D eigenvalue weighted by Gasteiger charge is -2.36. The van der Waals surface area contributed by atoms with Crippen LogP contribution in [0.1, 0.15) is 25.7 Å². The van der Waals surface area contributed by atoms with Crippen molar-refractivity contribution in [1.82, 2.24) is 15.1 Å². The Hall–Kier alpha value is -2.59. The van der Waals surface area contributed by atoms with Gasteiger partial charge in [-0.3, -0.25) is 9.69 Å². The van der Waals surface area contributed by atoms with Crippen LogP contribution in [0.3, 0.4) is 0 Å². The number of nitrogens with zero attached hydrogens (tertiary/aromatic N) is 3. The highest BCUT2D eigenvalue weighted by Gasteiger charge is 2.25. The van der Waals surface area contributed by atoms with Crippen LogP contribution in [-0.4, -0.2) is 61.0 Å².